The molecule has 2 heterocycles. The average Bonchev–Trinajstić information content (AvgIpc) is 2.99. The summed E-state index contributed by atoms with van der Waals surface area (Å²) in [6.07, 6.45) is 7.41. The van der Waals surface area contributed by atoms with E-state index in [2.05, 4.69) is 15.7 Å². The van der Waals surface area contributed by atoms with Crippen LogP contribution in [0.1, 0.15) is 17.8 Å². The van der Waals surface area contributed by atoms with Crippen molar-refractivity contribution in [2.75, 3.05) is 13.6 Å². The Hall–Kier alpha value is -1.26. The highest BCUT2D eigenvalue weighted by Crippen LogP contribution is 2.48. The number of rotatable bonds is 5. The summed E-state index contributed by atoms with van der Waals surface area (Å²) < 4.78 is 0. The SMILES string of the molecule is CNCC1(Cc2nc(-c3ccncc3)cs2)CC1. The van der Waals surface area contributed by atoms with Crippen LogP contribution in [0.2, 0.25) is 0 Å². The average molecular weight is 259 g/mol. The molecule has 0 aliphatic heterocycles. The Kier molecular flexibility index (Phi) is 3.14. The van der Waals surface area contributed by atoms with Gasteiger partial charge in [-0.25, -0.2) is 4.98 Å². The van der Waals surface area contributed by atoms with Crippen LogP contribution in [0.15, 0.2) is 29.9 Å². The maximum absolute atomic E-state index is 4.75. The summed E-state index contributed by atoms with van der Waals surface area (Å²) in [6.45, 7) is 1.11. The molecule has 0 amide bonds. The van der Waals surface area contributed by atoms with Crippen molar-refractivity contribution in [3.05, 3.63) is 34.9 Å². The van der Waals surface area contributed by atoms with E-state index in [4.69, 9.17) is 4.98 Å². The highest BCUT2D eigenvalue weighted by Gasteiger charge is 2.42. The summed E-state index contributed by atoms with van der Waals surface area (Å²) in [5, 5.41) is 6.71. The molecule has 94 valence electrons. The number of aromatic nitrogens is 2. The lowest BCUT2D eigenvalue weighted by atomic mass is 10.0. The zero-order valence-electron chi connectivity index (χ0n) is 10.5. The van der Waals surface area contributed by atoms with Crippen molar-refractivity contribution in [1.29, 1.82) is 0 Å². The predicted molar refractivity (Wildman–Crippen MR) is 74.6 cm³/mol. The number of nitrogens with zero attached hydrogens (tertiary/aromatic N) is 2. The van der Waals surface area contributed by atoms with Crippen molar-refractivity contribution < 1.29 is 0 Å². The standard InChI is InChI=1S/C14H17N3S/c1-15-10-14(4-5-14)8-13-17-12(9-18-13)11-2-6-16-7-3-11/h2-3,6-7,9,15H,4-5,8,10H2,1H3. The molecule has 1 saturated carbocycles. The van der Waals surface area contributed by atoms with Gasteiger partial charge in [0.05, 0.1) is 10.7 Å². The Morgan fingerprint density at radius 3 is 2.78 bits per heavy atom. The molecular weight excluding hydrogens is 242 g/mol. The molecule has 0 bridgehead atoms. The van der Waals surface area contributed by atoms with Crippen molar-refractivity contribution >= 4 is 11.3 Å². The summed E-state index contributed by atoms with van der Waals surface area (Å²) in [5.74, 6) is 0. The van der Waals surface area contributed by atoms with Crippen LogP contribution in [0.5, 0.6) is 0 Å². The van der Waals surface area contributed by atoms with Gasteiger partial charge in [0, 0.05) is 36.3 Å². The molecule has 1 aliphatic rings. The van der Waals surface area contributed by atoms with Crippen molar-refractivity contribution in [3.8, 4) is 11.3 Å². The summed E-state index contributed by atoms with van der Waals surface area (Å²) in [5.41, 5.74) is 2.73. The smallest absolute Gasteiger partial charge is 0.0938 e. The summed E-state index contributed by atoms with van der Waals surface area (Å²) in [4.78, 5) is 8.79. The molecule has 0 radical (unpaired) electrons. The first kappa shape index (κ1) is 11.8. The lowest BCUT2D eigenvalue weighted by Gasteiger charge is -2.11. The summed E-state index contributed by atoms with van der Waals surface area (Å²) in [6, 6.07) is 4.03. The lowest BCUT2D eigenvalue weighted by Crippen LogP contribution is -2.21. The maximum atomic E-state index is 4.75. The normalized spacial score (nSPS) is 16.7. The van der Waals surface area contributed by atoms with E-state index in [1.54, 1.807) is 11.3 Å². The summed E-state index contributed by atoms with van der Waals surface area (Å²) >= 11 is 1.78. The Labute approximate surface area is 111 Å². The van der Waals surface area contributed by atoms with Crippen LogP contribution >= 0.6 is 11.3 Å². The second-order valence-electron chi connectivity index (χ2n) is 5.07. The van der Waals surface area contributed by atoms with E-state index < -0.39 is 0 Å². The number of hydrogen-bond donors (Lipinski definition) is 1. The largest absolute Gasteiger partial charge is 0.319 e. The fourth-order valence-electron chi connectivity index (χ4n) is 2.34. The van der Waals surface area contributed by atoms with Gasteiger partial charge in [0.2, 0.25) is 0 Å². The second kappa shape index (κ2) is 4.78. The molecule has 4 heteroatoms. The molecule has 1 aliphatic carbocycles. The van der Waals surface area contributed by atoms with E-state index in [0.717, 1.165) is 24.2 Å². The van der Waals surface area contributed by atoms with Crippen LogP contribution in [0.3, 0.4) is 0 Å². The van der Waals surface area contributed by atoms with E-state index in [-0.39, 0.29) is 0 Å². The van der Waals surface area contributed by atoms with E-state index in [1.807, 2.05) is 31.6 Å². The van der Waals surface area contributed by atoms with Crippen LogP contribution in [-0.4, -0.2) is 23.6 Å². The minimum atomic E-state index is 0.488. The fraction of sp³-hybridized carbons (Fsp3) is 0.429. The van der Waals surface area contributed by atoms with E-state index in [0.29, 0.717) is 5.41 Å². The van der Waals surface area contributed by atoms with Gasteiger partial charge in [-0.15, -0.1) is 11.3 Å². The molecule has 18 heavy (non-hydrogen) atoms. The molecule has 0 unspecified atom stereocenters. The second-order valence-corrected chi connectivity index (χ2v) is 6.01. The molecule has 1 N–H and O–H groups in total. The Morgan fingerprint density at radius 2 is 2.11 bits per heavy atom. The first-order chi connectivity index (χ1) is 8.81. The Balaban J connectivity index is 1.74. The third-order valence-electron chi connectivity index (χ3n) is 3.56. The molecule has 0 spiro atoms. The molecule has 3 rings (SSSR count). The fourth-order valence-corrected chi connectivity index (χ4v) is 3.31. The molecule has 0 aromatic carbocycles. The predicted octanol–water partition coefficient (Wildman–Crippen LogP) is 2.75. The van der Waals surface area contributed by atoms with Gasteiger partial charge in [-0.05, 0) is 37.4 Å². The highest BCUT2D eigenvalue weighted by atomic mass is 32.1. The van der Waals surface area contributed by atoms with Crippen LogP contribution in [-0.2, 0) is 6.42 Å². The molecule has 3 nitrogen and oxygen atoms in total. The quantitative estimate of drug-likeness (QED) is 0.897. The van der Waals surface area contributed by atoms with Gasteiger partial charge >= 0.3 is 0 Å². The maximum Gasteiger partial charge on any atom is 0.0938 e. The lowest BCUT2D eigenvalue weighted by molar-refractivity contribution is 0.477. The first-order valence-electron chi connectivity index (χ1n) is 6.31. The van der Waals surface area contributed by atoms with Crippen LogP contribution in [0.25, 0.3) is 11.3 Å². The third-order valence-corrected chi connectivity index (χ3v) is 4.41. The minimum Gasteiger partial charge on any atom is -0.319 e. The monoisotopic (exact) mass is 259 g/mol. The molecular formula is C14H17N3S. The van der Waals surface area contributed by atoms with E-state index in [9.17, 15) is 0 Å². The van der Waals surface area contributed by atoms with Gasteiger partial charge in [-0.3, -0.25) is 4.98 Å². The van der Waals surface area contributed by atoms with E-state index in [1.165, 1.54) is 17.8 Å². The number of nitrogens with one attached hydrogen (secondary N) is 1. The zero-order chi connectivity index (χ0) is 12.4. The van der Waals surface area contributed by atoms with Gasteiger partial charge in [-0.1, -0.05) is 0 Å². The topological polar surface area (TPSA) is 37.8 Å². The van der Waals surface area contributed by atoms with Crippen LogP contribution in [0.4, 0.5) is 0 Å². The zero-order valence-corrected chi connectivity index (χ0v) is 11.3. The third kappa shape index (κ3) is 2.44. The number of hydrogen-bond acceptors (Lipinski definition) is 4. The summed E-state index contributed by atoms with van der Waals surface area (Å²) in [7, 11) is 2.03. The van der Waals surface area contributed by atoms with Crippen molar-refractivity contribution in [3.63, 3.8) is 0 Å². The number of pyridine rings is 1. The molecule has 1 fully saturated rings. The molecule has 0 atom stereocenters. The van der Waals surface area contributed by atoms with Gasteiger partial charge in [0.1, 0.15) is 0 Å². The molecule has 0 saturated heterocycles. The van der Waals surface area contributed by atoms with Gasteiger partial charge in [0.25, 0.3) is 0 Å². The number of thiazole rings is 1. The van der Waals surface area contributed by atoms with Crippen LogP contribution < -0.4 is 5.32 Å². The van der Waals surface area contributed by atoms with Crippen molar-refractivity contribution in [1.82, 2.24) is 15.3 Å². The molecule has 2 aromatic rings. The minimum absolute atomic E-state index is 0.488. The van der Waals surface area contributed by atoms with Crippen molar-refractivity contribution in [2.45, 2.75) is 19.3 Å². The van der Waals surface area contributed by atoms with E-state index >= 15 is 0 Å². The highest BCUT2D eigenvalue weighted by molar-refractivity contribution is 7.09. The molecule has 2 aromatic heterocycles. The van der Waals surface area contributed by atoms with Gasteiger partial charge in [-0.2, -0.15) is 0 Å². The van der Waals surface area contributed by atoms with Gasteiger partial charge in [0.15, 0.2) is 0 Å². The Bertz CT molecular complexity index is 517. The first-order valence-corrected chi connectivity index (χ1v) is 7.19. The van der Waals surface area contributed by atoms with Crippen LogP contribution in [0, 0.1) is 5.41 Å². The Morgan fingerprint density at radius 1 is 1.33 bits per heavy atom. The van der Waals surface area contributed by atoms with Gasteiger partial charge < -0.3 is 5.32 Å². The van der Waals surface area contributed by atoms with Crippen molar-refractivity contribution in [2.24, 2.45) is 5.41 Å².